The predicted octanol–water partition coefficient (Wildman–Crippen LogP) is 2.46. The molecule has 4 rings (SSSR count). The second-order valence-corrected chi connectivity index (χ2v) is 8.08. The summed E-state index contributed by atoms with van der Waals surface area (Å²) >= 11 is 0. The SMILES string of the molecule is CC1CN(c2nccc(C(N)=O)n2)CCN1CCCCc1c[nH]c2ccc(C#N)cc12. The number of aromatic amines is 1. The fraction of sp³-hybridized carbons (Fsp3) is 0.391. The Morgan fingerprint density at radius 1 is 1.32 bits per heavy atom. The summed E-state index contributed by atoms with van der Waals surface area (Å²) in [7, 11) is 0. The van der Waals surface area contributed by atoms with E-state index in [9.17, 15) is 4.79 Å². The Morgan fingerprint density at radius 3 is 2.97 bits per heavy atom. The number of benzene rings is 1. The smallest absolute Gasteiger partial charge is 0.267 e. The number of hydrogen-bond donors (Lipinski definition) is 2. The molecule has 1 atom stereocenters. The first-order valence-corrected chi connectivity index (χ1v) is 10.7. The topological polar surface area (TPSA) is 115 Å². The van der Waals surface area contributed by atoms with E-state index in [0.717, 1.165) is 56.3 Å². The van der Waals surface area contributed by atoms with E-state index in [2.05, 4.69) is 43.9 Å². The maximum absolute atomic E-state index is 11.4. The molecule has 0 aliphatic carbocycles. The second-order valence-electron chi connectivity index (χ2n) is 8.08. The lowest BCUT2D eigenvalue weighted by molar-refractivity contribution is 0.0995. The van der Waals surface area contributed by atoms with E-state index < -0.39 is 5.91 Å². The van der Waals surface area contributed by atoms with Crippen molar-refractivity contribution in [2.45, 2.75) is 32.2 Å². The quantitative estimate of drug-likeness (QED) is 0.571. The number of amides is 1. The lowest BCUT2D eigenvalue weighted by Crippen LogP contribution is -2.52. The molecule has 8 heteroatoms. The number of carbonyl (C=O) groups is 1. The van der Waals surface area contributed by atoms with E-state index in [1.165, 1.54) is 5.56 Å². The van der Waals surface area contributed by atoms with Crippen LogP contribution in [0.5, 0.6) is 0 Å². The third kappa shape index (κ3) is 4.67. The number of piperazine rings is 1. The van der Waals surface area contributed by atoms with Gasteiger partial charge in [0.2, 0.25) is 5.95 Å². The lowest BCUT2D eigenvalue weighted by Gasteiger charge is -2.40. The summed E-state index contributed by atoms with van der Waals surface area (Å²) < 4.78 is 0. The van der Waals surface area contributed by atoms with Crippen molar-refractivity contribution in [1.29, 1.82) is 5.26 Å². The Labute approximate surface area is 181 Å². The highest BCUT2D eigenvalue weighted by atomic mass is 16.1. The summed E-state index contributed by atoms with van der Waals surface area (Å²) in [6.07, 6.45) is 6.86. The molecule has 31 heavy (non-hydrogen) atoms. The molecule has 1 saturated heterocycles. The third-order valence-corrected chi connectivity index (χ3v) is 5.98. The number of H-pyrrole nitrogens is 1. The van der Waals surface area contributed by atoms with Gasteiger partial charge < -0.3 is 15.6 Å². The summed E-state index contributed by atoms with van der Waals surface area (Å²) in [6, 6.07) is 9.93. The van der Waals surface area contributed by atoms with Crippen molar-refractivity contribution in [3.8, 4) is 6.07 Å². The molecule has 1 unspecified atom stereocenters. The summed E-state index contributed by atoms with van der Waals surface area (Å²) in [5.74, 6) is 0.0354. The molecule has 3 N–H and O–H groups in total. The van der Waals surface area contributed by atoms with Crippen LogP contribution in [0.2, 0.25) is 0 Å². The highest BCUT2D eigenvalue weighted by molar-refractivity contribution is 5.90. The van der Waals surface area contributed by atoms with Crippen molar-refractivity contribution in [1.82, 2.24) is 19.9 Å². The Morgan fingerprint density at radius 2 is 2.19 bits per heavy atom. The monoisotopic (exact) mass is 417 g/mol. The number of carbonyl (C=O) groups excluding carboxylic acids is 1. The number of nitriles is 1. The van der Waals surface area contributed by atoms with E-state index in [4.69, 9.17) is 11.0 Å². The summed E-state index contributed by atoms with van der Waals surface area (Å²) in [6.45, 7) is 5.84. The number of hydrogen-bond acceptors (Lipinski definition) is 6. The average molecular weight is 418 g/mol. The standard InChI is InChI=1S/C23H27N7O/c1-16-15-30(23-26-8-7-21(28-23)22(25)31)11-10-29(16)9-3-2-4-18-14-27-20-6-5-17(13-24)12-19(18)20/h5-8,12,14,16,27H,2-4,9-11,15H2,1H3,(H2,25,31). The van der Waals surface area contributed by atoms with E-state index in [-0.39, 0.29) is 5.69 Å². The number of aromatic nitrogens is 3. The number of fused-ring (bicyclic) bond motifs is 1. The minimum Gasteiger partial charge on any atom is -0.364 e. The number of primary amides is 1. The van der Waals surface area contributed by atoms with Crippen LogP contribution >= 0.6 is 0 Å². The van der Waals surface area contributed by atoms with Crippen LogP contribution in [0.15, 0.2) is 36.7 Å². The predicted molar refractivity (Wildman–Crippen MR) is 120 cm³/mol. The third-order valence-electron chi connectivity index (χ3n) is 5.98. The molecule has 0 bridgehead atoms. The molecule has 0 saturated carbocycles. The van der Waals surface area contributed by atoms with Gasteiger partial charge in [-0.3, -0.25) is 9.69 Å². The first kappa shape index (κ1) is 20.8. The van der Waals surface area contributed by atoms with Crippen LogP contribution in [0.4, 0.5) is 5.95 Å². The van der Waals surface area contributed by atoms with Crippen LogP contribution < -0.4 is 10.6 Å². The van der Waals surface area contributed by atoms with Gasteiger partial charge >= 0.3 is 0 Å². The van der Waals surface area contributed by atoms with Gasteiger partial charge in [0, 0.05) is 49.0 Å². The molecule has 160 valence electrons. The number of nitrogens with zero attached hydrogens (tertiary/aromatic N) is 5. The van der Waals surface area contributed by atoms with Gasteiger partial charge in [0.15, 0.2) is 0 Å². The lowest BCUT2D eigenvalue weighted by atomic mass is 10.0. The minimum absolute atomic E-state index is 0.249. The van der Waals surface area contributed by atoms with Crippen LogP contribution in [0.3, 0.4) is 0 Å². The van der Waals surface area contributed by atoms with Gasteiger partial charge in [-0.25, -0.2) is 9.97 Å². The van der Waals surface area contributed by atoms with Crippen molar-refractivity contribution in [3.63, 3.8) is 0 Å². The summed E-state index contributed by atoms with van der Waals surface area (Å²) in [4.78, 5) is 27.9. The van der Waals surface area contributed by atoms with Gasteiger partial charge in [-0.1, -0.05) is 0 Å². The number of nitrogens with two attached hydrogens (primary N) is 1. The molecular formula is C23H27N7O. The Kier molecular flexibility index (Phi) is 6.14. The molecule has 0 radical (unpaired) electrons. The van der Waals surface area contributed by atoms with Crippen molar-refractivity contribution < 1.29 is 4.79 Å². The van der Waals surface area contributed by atoms with Gasteiger partial charge in [0.1, 0.15) is 5.69 Å². The number of nitrogens with one attached hydrogen (secondary N) is 1. The van der Waals surface area contributed by atoms with E-state index in [1.54, 1.807) is 12.3 Å². The van der Waals surface area contributed by atoms with Crippen LogP contribution in [-0.4, -0.2) is 58.0 Å². The molecule has 1 aliphatic rings. The fourth-order valence-corrected chi connectivity index (χ4v) is 4.23. The molecule has 3 aromatic rings. The molecular weight excluding hydrogens is 390 g/mol. The summed E-state index contributed by atoms with van der Waals surface area (Å²) in [5, 5.41) is 10.3. The highest BCUT2D eigenvalue weighted by Gasteiger charge is 2.25. The Hall–Kier alpha value is -3.44. The average Bonchev–Trinajstić information content (AvgIpc) is 3.19. The molecule has 3 heterocycles. The van der Waals surface area contributed by atoms with Gasteiger partial charge in [-0.05, 0) is 62.6 Å². The maximum atomic E-state index is 11.4. The van der Waals surface area contributed by atoms with Gasteiger partial charge in [-0.15, -0.1) is 0 Å². The molecule has 1 amide bonds. The molecule has 8 nitrogen and oxygen atoms in total. The van der Waals surface area contributed by atoms with Gasteiger partial charge in [0.25, 0.3) is 5.91 Å². The fourth-order valence-electron chi connectivity index (χ4n) is 4.23. The van der Waals surface area contributed by atoms with Crippen molar-refractivity contribution >= 4 is 22.8 Å². The van der Waals surface area contributed by atoms with E-state index in [0.29, 0.717) is 17.6 Å². The summed E-state index contributed by atoms with van der Waals surface area (Å²) in [5.41, 5.74) is 8.65. The minimum atomic E-state index is -0.533. The molecule has 1 fully saturated rings. The van der Waals surface area contributed by atoms with Gasteiger partial charge in [0.05, 0.1) is 11.6 Å². The van der Waals surface area contributed by atoms with Crippen LogP contribution in [-0.2, 0) is 6.42 Å². The van der Waals surface area contributed by atoms with Crippen LogP contribution in [0, 0.1) is 11.3 Å². The number of anilines is 1. The second kappa shape index (κ2) is 9.14. The molecule has 2 aromatic heterocycles. The highest BCUT2D eigenvalue weighted by Crippen LogP contribution is 2.22. The zero-order valence-corrected chi connectivity index (χ0v) is 17.7. The Balaban J connectivity index is 1.28. The normalized spacial score (nSPS) is 17.0. The molecule has 1 aromatic carbocycles. The van der Waals surface area contributed by atoms with E-state index in [1.807, 2.05) is 18.2 Å². The van der Waals surface area contributed by atoms with E-state index >= 15 is 0 Å². The van der Waals surface area contributed by atoms with Crippen molar-refractivity contribution in [3.05, 3.63) is 53.5 Å². The van der Waals surface area contributed by atoms with Crippen LogP contribution in [0.1, 0.15) is 41.4 Å². The largest absolute Gasteiger partial charge is 0.364 e. The zero-order valence-electron chi connectivity index (χ0n) is 17.7. The van der Waals surface area contributed by atoms with Crippen molar-refractivity contribution in [2.75, 3.05) is 31.1 Å². The zero-order chi connectivity index (χ0) is 21.8. The first-order chi connectivity index (χ1) is 15.0. The molecule has 0 spiro atoms. The Bertz CT molecular complexity index is 1120. The first-order valence-electron chi connectivity index (χ1n) is 10.7. The number of rotatable bonds is 7. The number of unbranched alkanes of at least 4 members (excludes halogenated alkanes) is 1. The number of aryl methyl sites for hydroxylation is 1. The molecule has 1 aliphatic heterocycles. The van der Waals surface area contributed by atoms with Crippen LogP contribution in [0.25, 0.3) is 10.9 Å². The maximum Gasteiger partial charge on any atom is 0.267 e. The van der Waals surface area contributed by atoms with Gasteiger partial charge in [-0.2, -0.15) is 5.26 Å². The van der Waals surface area contributed by atoms with Crippen molar-refractivity contribution in [2.24, 2.45) is 5.73 Å².